The number of carbonyl (C=O) groups is 1. The topological polar surface area (TPSA) is 80.2 Å². The summed E-state index contributed by atoms with van der Waals surface area (Å²) in [5.41, 5.74) is 2.68. The lowest BCUT2D eigenvalue weighted by molar-refractivity contribution is 0.0526. The van der Waals surface area contributed by atoms with Crippen LogP contribution in [0.3, 0.4) is 0 Å². The Morgan fingerprint density at radius 3 is 2.60 bits per heavy atom. The van der Waals surface area contributed by atoms with Gasteiger partial charge in [0.05, 0.1) is 17.9 Å². The van der Waals surface area contributed by atoms with Crippen molar-refractivity contribution in [2.24, 2.45) is 0 Å². The average molecular weight is 468 g/mol. The van der Waals surface area contributed by atoms with Gasteiger partial charge < -0.3 is 15.0 Å². The summed E-state index contributed by atoms with van der Waals surface area (Å²) in [6.07, 6.45) is 4.40. The van der Waals surface area contributed by atoms with E-state index >= 15 is 0 Å². The molecule has 1 aliphatic heterocycles. The summed E-state index contributed by atoms with van der Waals surface area (Å²) in [7, 11) is 0. The maximum atomic E-state index is 11.9. The third-order valence-electron chi connectivity index (χ3n) is 6.31. The number of ether oxygens (including phenoxy) is 1. The molecule has 1 fully saturated rings. The molecular formula is C28H29N5O2. The van der Waals surface area contributed by atoms with Crippen LogP contribution in [-0.4, -0.2) is 46.9 Å². The molecule has 0 radical (unpaired) electrons. The van der Waals surface area contributed by atoms with Crippen LogP contribution in [0.1, 0.15) is 41.4 Å². The highest BCUT2D eigenvalue weighted by Crippen LogP contribution is 2.29. The highest BCUT2D eigenvalue weighted by molar-refractivity contribution is 5.93. The third-order valence-corrected chi connectivity index (χ3v) is 6.31. The smallest absolute Gasteiger partial charge is 0.339 e. The second-order valence-corrected chi connectivity index (χ2v) is 8.76. The number of carbonyl (C=O) groups excluding carboxylic acids is 1. The van der Waals surface area contributed by atoms with Gasteiger partial charge in [-0.3, -0.25) is 0 Å². The fourth-order valence-electron chi connectivity index (χ4n) is 4.61. The van der Waals surface area contributed by atoms with Crippen molar-refractivity contribution in [3.05, 3.63) is 89.7 Å². The molecule has 0 saturated carbocycles. The molecule has 0 amide bonds. The predicted molar refractivity (Wildman–Crippen MR) is 138 cm³/mol. The van der Waals surface area contributed by atoms with Gasteiger partial charge in [0.15, 0.2) is 5.82 Å². The largest absolute Gasteiger partial charge is 0.462 e. The van der Waals surface area contributed by atoms with Crippen molar-refractivity contribution < 1.29 is 9.53 Å². The highest BCUT2D eigenvalue weighted by Gasteiger charge is 2.24. The number of esters is 1. The molecule has 35 heavy (non-hydrogen) atoms. The van der Waals surface area contributed by atoms with E-state index in [1.54, 1.807) is 19.2 Å². The van der Waals surface area contributed by atoms with Gasteiger partial charge in [-0.05, 0) is 37.5 Å². The molecule has 2 aromatic heterocycles. The average Bonchev–Trinajstić information content (AvgIpc) is 2.90. The molecule has 0 spiro atoms. The minimum absolute atomic E-state index is 0.217. The van der Waals surface area contributed by atoms with Crippen LogP contribution in [0, 0.1) is 0 Å². The number of piperidine rings is 1. The van der Waals surface area contributed by atoms with Crippen LogP contribution in [-0.2, 0) is 11.2 Å². The van der Waals surface area contributed by atoms with Crippen molar-refractivity contribution in [3.63, 3.8) is 0 Å². The van der Waals surface area contributed by atoms with Crippen LogP contribution >= 0.6 is 0 Å². The number of rotatable bonds is 7. The molecule has 1 saturated heterocycles. The Bertz CT molecular complexity index is 1290. The lowest BCUT2D eigenvalue weighted by atomic mass is 10.0. The predicted octanol–water partition coefficient (Wildman–Crippen LogP) is 4.87. The van der Waals surface area contributed by atoms with Gasteiger partial charge in [0.25, 0.3) is 0 Å². The molecule has 0 aliphatic carbocycles. The van der Waals surface area contributed by atoms with Gasteiger partial charge >= 0.3 is 5.97 Å². The number of aromatic nitrogens is 3. The summed E-state index contributed by atoms with van der Waals surface area (Å²) in [5.74, 6) is 1.32. The van der Waals surface area contributed by atoms with Crippen LogP contribution in [0.2, 0.25) is 0 Å². The van der Waals surface area contributed by atoms with E-state index in [1.165, 1.54) is 5.56 Å². The lowest BCUT2D eigenvalue weighted by Crippen LogP contribution is -2.42. The van der Waals surface area contributed by atoms with Gasteiger partial charge in [-0.25, -0.2) is 9.78 Å². The van der Waals surface area contributed by atoms with Crippen LogP contribution in [0.25, 0.3) is 10.8 Å². The van der Waals surface area contributed by atoms with E-state index < -0.39 is 0 Å². The normalized spacial score (nSPS) is 15.7. The van der Waals surface area contributed by atoms with Crippen molar-refractivity contribution in [1.29, 1.82) is 0 Å². The monoisotopic (exact) mass is 467 g/mol. The number of benzene rings is 2. The van der Waals surface area contributed by atoms with Crippen molar-refractivity contribution >= 4 is 28.4 Å². The zero-order valence-electron chi connectivity index (χ0n) is 19.9. The van der Waals surface area contributed by atoms with E-state index in [-0.39, 0.29) is 12.0 Å². The molecule has 4 aromatic rings. The molecule has 0 bridgehead atoms. The van der Waals surface area contributed by atoms with Crippen LogP contribution < -0.4 is 10.2 Å². The maximum Gasteiger partial charge on any atom is 0.339 e. The first-order chi connectivity index (χ1) is 17.2. The first-order valence-corrected chi connectivity index (χ1v) is 12.1. The first-order valence-electron chi connectivity index (χ1n) is 12.1. The van der Waals surface area contributed by atoms with Gasteiger partial charge in [-0.15, -0.1) is 5.10 Å². The number of anilines is 2. The zero-order chi connectivity index (χ0) is 24.0. The van der Waals surface area contributed by atoms with Gasteiger partial charge in [0.2, 0.25) is 0 Å². The third kappa shape index (κ3) is 5.24. The van der Waals surface area contributed by atoms with Gasteiger partial charge in [0.1, 0.15) is 5.82 Å². The number of pyridine rings is 1. The van der Waals surface area contributed by atoms with Gasteiger partial charge in [0, 0.05) is 42.5 Å². The van der Waals surface area contributed by atoms with Gasteiger partial charge in [-0.1, -0.05) is 54.6 Å². The number of hydrogen-bond acceptors (Lipinski definition) is 7. The second kappa shape index (κ2) is 10.5. The lowest BCUT2D eigenvalue weighted by Gasteiger charge is -2.34. The Kier molecular flexibility index (Phi) is 6.84. The zero-order valence-corrected chi connectivity index (χ0v) is 19.9. The van der Waals surface area contributed by atoms with Crippen molar-refractivity contribution in [2.75, 3.05) is 29.9 Å². The molecule has 1 unspecified atom stereocenters. The van der Waals surface area contributed by atoms with Crippen molar-refractivity contribution in [2.45, 2.75) is 32.2 Å². The molecule has 7 nitrogen and oxygen atoms in total. The molecule has 178 valence electrons. The molecule has 1 N–H and O–H groups in total. The van der Waals surface area contributed by atoms with Crippen LogP contribution in [0.5, 0.6) is 0 Å². The molecule has 5 rings (SSSR count). The molecule has 1 atom stereocenters. The summed E-state index contributed by atoms with van der Waals surface area (Å²) in [6, 6.07) is 22.6. The molecule has 2 aromatic carbocycles. The molecule has 1 aliphatic rings. The van der Waals surface area contributed by atoms with E-state index in [0.29, 0.717) is 12.2 Å². The summed E-state index contributed by atoms with van der Waals surface area (Å²) >= 11 is 0. The van der Waals surface area contributed by atoms with Crippen LogP contribution in [0.4, 0.5) is 11.6 Å². The summed E-state index contributed by atoms with van der Waals surface area (Å²) < 4.78 is 5.04. The number of nitrogens with zero attached hydrogens (tertiary/aromatic N) is 4. The van der Waals surface area contributed by atoms with E-state index in [4.69, 9.17) is 9.84 Å². The quantitative estimate of drug-likeness (QED) is 0.388. The standard InChI is InChI=1S/C28H29N5O2/c1-2-35-28(34)21-14-15-26(29-18-21)30-22-11-8-16-33(19-22)27-24-13-7-6-12-23(24)25(31-32-27)17-20-9-4-3-5-10-20/h3-7,9-10,12-15,18,22H,2,8,11,16-17,19H2,1H3,(H,29,30). The van der Waals surface area contributed by atoms with E-state index in [9.17, 15) is 4.79 Å². The van der Waals surface area contributed by atoms with Crippen LogP contribution in [0.15, 0.2) is 72.9 Å². The Morgan fingerprint density at radius 2 is 1.83 bits per heavy atom. The van der Waals surface area contributed by atoms with E-state index in [2.05, 4.69) is 68.8 Å². The Balaban J connectivity index is 1.33. The van der Waals surface area contributed by atoms with E-state index in [0.717, 1.165) is 60.5 Å². The fourth-order valence-corrected chi connectivity index (χ4v) is 4.61. The van der Waals surface area contributed by atoms with Gasteiger partial charge in [-0.2, -0.15) is 5.10 Å². The SMILES string of the molecule is CCOC(=O)c1ccc(NC2CCCN(c3nnc(Cc4ccccc4)c4ccccc34)C2)nc1. The highest BCUT2D eigenvalue weighted by atomic mass is 16.5. The minimum atomic E-state index is -0.350. The fraction of sp³-hybridized carbons (Fsp3) is 0.286. The summed E-state index contributed by atoms with van der Waals surface area (Å²) in [5, 5.41) is 15.2. The molecular weight excluding hydrogens is 438 g/mol. The van der Waals surface area contributed by atoms with E-state index in [1.807, 2.05) is 12.1 Å². The minimum Gasteiger partial charge on any atom is -0.462 e. The Morgan fingerprint density at radius 1 is 1.03 bits per heavy atom. The first kappa shape index (κ1) is 22.8. The second-order valence-electron chi connectivity index (χ2n) is 8.76. The molecule has 3 heterocycles. The maximum absolute atomic E-state index is 11.9. The van der Waals surface area contributed by atoms with Crippen molar-refractivity contribution in [1.82, 2.24) is 15.2 Å². The number of nitrogens with one attached hydrogen (secondary N) is 1. The number of hydrogen-bond donors (Lipinski definition) is 1. The number of fused-ring (bicyclic) bond motifs is 1. The Labute approximate surface area is 205 Å². The van der Waals surface area contributed by atoms with Crippen molar-refractivity contribution in [3.8, 4) is 0 Å². The molecule has 7 heteroatoms. The Hall–Kier alpha value is -4.00. The summed E-state index contributed by atoms with van der Waals surface area (Å²) in [6.45, 7) is 3.88. The summed E-state index contributed by atoms with van der Waals surface area (Å²) in [4.78, 5) is 18.6.